The highest BCUT2D eigenvalue weighted by Gasteiger charge is 2.40. The molecule has 3 heteroatoms. The Kier molecular flexibility index (Phi) is 4.02. The predicted molar refractivity (Wildman–Crippen MR) is 53.5 cm³/mol. The van der Waals surface area contributed by atoms with Crippen molar-refractivity contribution in [2.45, 2.75) is 37.9 Å². The van der Waals surface area contributed by atoms with Crippen molar-refractivity contribution in [1.82, 2.24) is 0 Å². The molecule has 0 bridgehead atoms. The molecule has 0 nitrogen and oxygen atoms in total. The molecule has 68 valence electrons. The summed E-state index contributed by atoms with van der Waals surface area (Å²) in [5.74, 6) is 0.556. The van der Waals surface area contributed by atoms with E-state index in [1.165, 1.54) is 0 Å². The summed E-state index contributed by atoms with van der Waals surface area (Å²) < 4.78 is -1.16. The molecule has 0 heterocycles. The minimum Gasteiger partial charge on any atom is -0.0831 e. The Morgan fingerprint density at radius 1 is 1.09 bits per heavy atom. The van der Waals surface area contributed by atoms with Crippen molar-refractivity contribution in [2.75, 3.05) is 0 Å². The largest absolute Gasteiger partial charge is 0.195 e. The van der Waals surface area contributed by atoms with Crippen LogP contribution in [0.2, 0.25) is 0 Å². The average Bonchev–Trinajstić information content (AvgIpc) is 1.56. The van der Waals surface area contributed by atoms with Crippen molar-refractivity contribution in [3.8, 4) is 0 Å². The molecule has 11 heavy (non-hydrogen) atoms. The first-order valence-electron chi connectivity index (χ1n) is 3.73. The first-order chi connectivity index (χ1) is 4.67. The van der Waals surface area contributed by atoms with Gasteiger partial charge < -0.3 is 0 Å². The third-order valence-corrected chi connectivity index (χ3v) is 3.22. The van der Waals surface area contributed by atoms with Crippen LogP contribution in [0.5, 0.6) is 0 Å². The molecular weight excluding hydrogens is 202 g/mol. The van der Waals surface area contributed by atoms with Gasteiger partial charge in [0, 0.05) is 5.41 Å². The third kappa shape index (κ3) is 3.87. The second-order valence-electron chi connectivity index (χ2n) is 3.98. The summed E-state index contributed by atoms with van der Waals surface area (Å²) in [6.45, 7) is 8.19. The summed E-state index contributed by atoms with van der Waals surface area (Å²) >= 11 is 17.4. The standard InChI is InChI=1S/C8H15Cl3/c1-6(2)5-7(3,4)8(9,10)11/h6H,5H2,1-4H3. The quantitative estimate of drug-likeness (QED) is 0.601. The van der Waals surface area contributed by atoms with Gasteiger partial charge in [-0.3, -0.25) is 0 Å². The van der Waals surface area contributed by atoms with Crippen molar-refractivity contribution < 1.29 is 0 Å². The maximum atomic E-state index is 5.80. The number of hydrogen-bond donors (Lipinski definition) is 0. The molecule has 0 aliphatic rings. The Hall–Kier alpha value is 0.870. The van der Waals surface area contributed by atoms with Crippen LogP contribution in [0.3, 0.4) is 0 Å². The second-order valence-corrected chi connectivity index (χ2v) is 6.26. The van der Waals surface area contributed by atoms with E-state index in [-0.39, 0.29) is 5.41 Å². The zero-order chi connectivity index (χ0) is 9.28. The highest BCUT2D eigenvalue weighted by atomic mass is 35.6. The molecule has 0 radical (unpaired) electrons. The maximum Gasteiger partial charge on any atom is 0.195 e. The van der Waals surface area contributed by atoms with E-state index in [9.17, 15) is 0 Å². The molecule has 0 aliphatic heterocycles. The Morgan fingerprint density at radius 3 is 1.55 bits per heavy atom. The zero-order valence-corrected chi connectivity index (χ0v) is 9.69. The van der Waals surface area contributed by atoms with Gasteiger partial charge in [0.2, 0.25) is 0 Å². The van der Waals surface area contributed by atoms with Crippen LogP contribution >= 0.6 is 34.8 Å². The van der Waals surface area contributed by atoms with Crippen LogP contribution in [-0.2, 0) is 0 Å². The summed E-state index contributed by atoms with van der Waals surface area (Å²) in [6.07, 6.45) is 0.920. The van der Waals surface area contributed by atoms with Gasteiger partial charge in [-0.2, -0.15) is 0 Å². The number of hydrogen-bond acceptors (Lipinski definition) is 0. The van der Waals surface area contributed by atoms with Gasteiger partial charge in [0.05, 0.1) is 0 Å². The van der Waals surface area contributed by atoms with E-state index in [0.717, 1.165) is 6.42 Å². The van der Waals surface area contributed by atoms with Crippen LogP contribution in [0.15, 0.2) is 0 Å². The zero-order valence-electron chi connectivity index (χ0n) is 7.42. The van der Waals surface area contributed by atoms with Crippen LogP contribution in [0.25, 0.3) is 0 Å². The van der Waals surface area contributed by atoms with E-state index >= 15 is 0 Å². The van der Waals surface area contributed by atoms with E-state index in [2.05, 4.69) is 13.8 Å². The second kappa shape index (κ2) is 3.72. The maximum absolute atomic E-state index is 5.80. The van der Waals surface area contributed by atoms with Crippen molar-refractivity contribution in [2.24, 2.45) is 11.3 Å². The predicted octanol–water partition coefficient (Wildman–Crippen LogP) is 4.43. The van der Waals surface area contributed by atoms with Crippen molar-refractivity contribution in [3.63, 3.8) is 0 Å². The molecule has 0 unspecified atom stereocenters. The minimum atomic E-state index is -1.16. The molecule has 0 saturated heterocycles. The molecule has 0 rings (SSSR count). The van der Waals surface area contributed by atoms with E-state index < -0.39 is 3.79 Å². The van der Waals surface area contributed by atoms with Crippen LogP contribution in [0.1, 0.15) is 34.1 Å². The lowest BCUT2D eigenvalue weighted by molar-refractivity contribution is 0.292. The lowest BCUT2D eigenvalue weighted by Crippen LogP contribution is -2.30. The SMILES string of the molecule is CC(C)CC(C)(C)C(Cl)(Cl)Cl. The van der Waals surface area contributed by atoms with Crippen molar-refractivity contribution in [3.05, 3.63) is 0 Å². The lowest BCUT2D eigenvalue weighted by Gasteiger charge is -2.33. The Morgan fingerprint density at radius 2 is 1.45 bits per heavy atom. The number of halogens is 3. The Balaban J connectivity index is 4.22. The van der Waals surface area contributed by atoms with Gasteiger partial charge in [-0.25, -0.2) is 0 Å². The van der Waals surface area contributed by atoms with Crippen LogP contribution in [-0.4, -0.2) is 3.79 Å². The first-order valence-corrected chi connectivity index (χ1v) is 4.87. The molecule has 0 fully saturated rings. The smallest absolute Gasteiger partial charge is 0.0831 e. The van der Waals surface area contributed by atoms with E-state index in [1.54, 1.807) is 0 Å². The van der Waals surface area contributed by atoms with Crippen LogP contribution < -0.4 is 0 Å². The van der Waals surface area contributed by atoms with Gasteiger partial charge in [-0.1, -0.05) is 62.5 Å². The Labute approximate surface area is 84.2 Å². The van der Waals surface area contributed by atoms with E-state index in [1.807, 2.05) is 13.8 Å². The molecule has 0 aromatic heterocycles. The molecule has 0 aliphatic carbocycles. The number of rotatable bonds is 2. The number of alkyl halides is 3. The van der Waals surface area contributed by atoms with Gasteiger partial charge in [-0.15, -0.1) is 0 Å². The lowest BCUT2D eigenvalue weighted by atomic mass is 9.85. The normalized spacial score (nSPS) is 14.2. The van der Waals surface area contributed by atoms with Crippen molar-refractivity contribution >= 4 is 34.8 Å². The van der Waals surface area contributed by atoms with E-state index in [0.29, 0.717) is 5.92 Å². The summed E-state index contributed by atoms with van der Waals surface area (Å²) in [4.78, 5) is 0. The van der Waals surface area contributed by atoms with Gasteiger partial charge in [0.25, 0.3) is 0 Å². The van der Waals surface area contributed by atoms with Crippen LogP contribution in [0, 0.1) is 11.3 Å². The molecule has 0 aromatic carbocycles. The fourth-order valence-electron chi connectivity index (χ4n) is 1.14. The fraction of sp³-hybridized carbons (Fsp3) is 1.00. The minimum absolute atomic E-state index is 0.244. The molecule has 0 amide bonds. The molecule has 0 N–H and O–H groups in total. The average molecular weight is 218 g/mol. The first kappa shape index (κ1) is 11.9. The molecule has 0 atom stereocenters. The summed E-state index contributed by atoms with van der Waals surface area (Å²) in [7, 11) is 0. The van der Waals surface area contributed by atoms with Crippen LogP contribution in [0.4, 0.5) is 0 Å². The van der Waals surface area contributed by atoms with Gasteiger partial charge in [0.15, 0.2) is 3.79 Å². The highest BCUT2D eigenvalue weighted by molar-refractivity contribution is 6.68. The van der Waals surface area contributed by atoms with E-state index in [4.69, 9.17) is 34.8 Å². The van der Waals surface area contributed by atoms with Crippen molar-refractivity contribution in [1.29, 1.82) is 0 Å². The monoisotopic (exact) mass is 216 g/mol. The molecular formula is C8H15Cl3. The highest BCUT2D eigenvalue weighted by Crippen LogP contribution is 2.47. The molecule has 0 spiro atoms. The topological polar surface area (TPSA) is 0 Å². The molecule has 0 aromatic rings. The summed E-state index contributed by atoms with van der Waals surface area (Å²) in [6, 6.07) is 0. The summed E-state index contributed by atoms with van der Waals surface area (Å²) in [5, 5.41) is 0. The van der Waals surface area contributed by atoms with Gasteiger partial charge in [0.1, 0.15) is 0 Å². The Bertz CT molecular complexity index is 122. The third-order valence-electron chi connectivity index (χ3n) is 1.69. The molecule has 0 saturated carbocycles. The van der Waals surface area contributed by atoms with Gasteiger partial charge in [-0.05, 0) is 12.3 Å². The fourth-order valence-corrected chi connectivity index (χ4v) is 1.37. The summed E-state index contributed by atoms with van der Waals surface area (Å²) in [5.41, 5.74) is -0.244. The van der Waals surface area contributed by atoms with Gasteiger partial charge >= 0.3 is 0 Å².